The summed E-state index contributed by atoms with van der Waals surface area (Å²) in [6.45, 7) is 1.41. The molecule has 0 atom stereocenters. The molecule has 7 nitrogen and oxygen atoms in total. The van der Waals surface area contributed by atoms with Gasteiger partial charge in [0.05, 0.1) is 29.8 Å². The van der Waals surface area contributed by atoms with Crippen molar-refractivity contribution in [3.8, 4) is 11.5 Å². The van der Waals surface area contributed by atoms with Crippen LogP contribution in [0.25, 0.3) is 0 Å². The zero-order chi connectivity index (χ0) is 23.3. The third-order valence-electron chi connectivity index (χ3n) is 4.69. The number of hydrogen-bond donors (Lipinski definition) is 1. The topological polar surface area (TPSA) is 84.9 Å². The average Bonchev–Trinajstić information content (AvgIpc) is 2.78. The summed E-state index contributed by atoms with van der Waals surface area (Å²) in [5.41, 5.74) is 1.66. The van der Waals surface area contributed by atoms with Crippen LogP contribution in [0, 0.1) is 6.92 Å². The lowest BCUT2D eigenvalue weighted by Gasteiger charge is -2.24. The van der Waals surface area contributed by atoms with Gasteiger partial charge < -0.3 is 14.8 Å². The Balaban J connectivity index is 1.95. The second-order valence-corrected chi connectivity index (χ2v) is 9.19. The molecule has 0 aliphatic heterocycles. The van der Waals surface area contributed by atoms with Crippen LogP contribution >= 0.6 is 11.6 Å². The normalized spacial score (nSPS) is 11.0. The number of halogens is 1. The lowest BCUT2D eigenvalue weighted by atomic mass is 10.2. The number of benzene rings is 3. The number of methoxy groups -OCH3 is 2. The molecule has 0 saturated heterocycles. The lowest BCUT2D eigenvalue weighted by molar-refractivity contribution is -0.114. The third kappa shape index (κ3) is 5.33. The van der Waals surface area contributed by atoms with Crippen LogP contribution in [0.2, 0.25) is 5.02 Å². The van der Waals surface area contributed by atoms with Crippen molar-refractivity contribution >= 4 is 38.9 Å². The lowest BCUT2D eigenvalue weighted by Crippen LogP contribution is -2.38. The van der Waals surface area contributed by atoms with Gasteiger partial charge in [-0.05, 0) is 61.5 Å². The summed E-state index contributed by atoms with van der Waals surface area (Å²) in [7, 11) is -1.05. The summed E-state index contributed by atoms with van der Waals surface area (Å²) in [4.78, 5) is 12.8. The number of nitrogens with one attached hydrogen (secondary N) is 1. The van der Waals surface area contributed by atoms with Gasteiger partial charge in [0.2, 0.25) is 5.91 Å². The summed E-state index contributed by atoms with van der Waals surface area (Å²) < 4.78 is 38.1. The molecule has 3 aromatic carbocycles. The summed E-state index contributed by atoms with van der Waals surface area (Å²) in [6.07, 6.45) is 0. The molecule has 168 valence electrons. The van der Waals surface area contributed by atoms with Gasteiger partial charge in [0.15, 0.2) is 0 Å². The maximum Gasteiger partial charge on any atom is 0.264 e. The van der Waals surface area contributed by atoms with Crippen molar-refractivity contribution in [3.63, 3.8) is 0 Å². The second-order valence-electron chi connectivity index (χ2n) is 6.92. The van der Waals surface area contributed by atoms with E-state index in [9.17, 15) is 13.2 Å². The third-order valence-corrected chi connectivity index (χ3v) is 6.78. The highest BCUT2D eigenvalue weighted by Crippen LogP contribution is 2.32. The molecule has 0 unspecified atom stereocenters. The van der Waals surface area contributed by atoms with Crippen LogP contribution in [-0.2, 0) is 14.8 Å². The fraction of sp³-hybridized carbons (Fsp3) is 0.174. The minimum atomic E-state index is -4.05. The first-order valence-electron chi connectivity index (χ1n) is 9.61. The zero-order valence-electron chi connectivity index (χ0n) is 17.8. The molecule has 0 aliphatic rings. The van der Waals surface area contributed by atoms with E-state index >= 15 is 0 Å². The van der Waals surface area contributed by atoms with E-state index in [0.29, 0.717) is 17.2 Å². The number of nitrogens with zero attached hydrogens (tertiary/aromatic N) is 1. The fourth-order valence-corrected chi connectivity index (χ4v) is 4.63. The first-order chi connectivity index (χ1) is 15.2. The Morgan fingerprint density at radius 1 is 0.969 bits per heavy atom. The first kappa shape index (κ1) is 23.4. The Morgan fingerprint density at radius 2 is 1.62 bits per heavy atom. The molecule has 3 aromatic rings. The highest BCUT2D eigenvalue weighted by molar-refractivity contribution is 7.92. The molecule has 0 bridgehead atoms. The van der Waals surface area contributed by atoms with Crippen LogP contribution < -0.4 is 19.1 Å². The van der Waals surface area contributed by atoms with E-state index in [1.165, 1.54) is 31.4 Å². The molecule has 0 spiro atoms. The molecule has 0 fully saturated rings. The van der Waals surface area contributed by atoms with Gasteiger partial charge in [0.1, 0.15) is 18.0 Å². The number of carbonyl (C=O) groups excluding carboxylic acids is 1. The molecule has 0 aliphatic carbocycles. The average molecular weight is 475 g/mol. The van der Waals surface area contributed by atoms with Gasteiger partial charge in [-0.15, -0.1) is 0 Å². The van der Waals surface area contributed by atoms with E-state index in [4.69, 9.17) is 21.1 Å². The number of rotatable bonds is 8. The van der Waals surface area contributed by atoms with Crippen LogP contribution in [-0.4, -0.2) is 35.1 Å². The summed E-state index contributed by atoms with van der Waals surface area (Å²) in [5.74, 6) is 0.517. The van der Waals surface area contributed by atoms with Gasteiger partial charge in [-0.1, -0.05) is 29.3 Å². The molecule has 0 saturated carbocycles. The van der Waals surface area contributed by atoms with Gasteiger partial charge in [-0.2, -0.15) is 0 Å². The van der Waals surface area contributed by atoms with Crippen molar-refractivity contribution in [2.45, 2.75) is 11.8 Å². The van der Waals surface area contributed by atoms with E-state index in [2.05, 4.69) is 5.32 Å². The van der Waals surface area contributed by atoms with Crippen molar-refractivity contribution in [1.82, 2.24) is 0 Å². The standard InChI is InChI=1S/C23H23ClN2O5S/c1-16-4-11-20(12-5-16)32(28,29)26(18-8-13-22(31-3)21(24)14-18)15-23(27)25-17-6-9-19(30-2)10-7-17/h4-14H,15H2,1-3H3,(H,25,27). The molecular formula is C23H23ClN2O5S. The Hall–Kier alpha value is -3.23. The number of hydrogen-bond acceptors (Lipinski definition) is 5. The van der Waals surface area contributed by atoms with Crippen molar-refractivity contribution in [1.29, 1.82) is 0 Å². The highest BCUT2D eigenvalue weighted by atomic mass is 35.5. The van der Waals surface area contributed by atoms with Crippen LogP contribution in [0.15, 0.2) is 71.6 Å². The summed E-state index contributed by atoms with van der Waals surface area (Å²) >= 11 is 6.23. The predicted molar refractivity (Wildman–Crippen MR) is 125 cm³/mol. The summed E-state index contributed by atoms with van der Waals surface area (Å²) in [6, 6.07) is 17.7. The Labute approximate surface area is 192 Å². The number of carbonyl (C=O) groups is 1. The van der Waals surface area contributed by atoms with Crippen molar-refractivity contribution in [3.05, 3.63) is 77.3 Å². The molecule has 3 rings (SSSR count). The Kier molecular flexibility index (Phi) is 7.27. The van der Waals surface area contributed by atoms with Crippen molar-refractivity contribution in [2.24, 2.45) is 0 Å². The van der Waals surface area contributed by atoms with Crippen LogP contribution in [0.1, 0.15) is 5.56 Å². The number of amides is 1. The molecule has 0 aromatic heterocycles. The Bertz CT molecular complexity index is 1200. The number of ether oxygens (including phenoxy) is 2. The number of anilines is 2. The molecule has 1 amide bonds. The molecule has 1 N–H and O–H groups in total. The minimum absolute atomic E-state index is 0.0623. The maximum absolute atomic E-state index is 13.4. The van der Waals surface area contributed by atoms with Crippen LogP contribution in [0.4, 0.5) is 11.4 Å². The number of aryl methyl sites for hydroxylation is 1. The minimum Gasteiger partial charge on any atom is -0.497 e. The molecular weight excluding hydrogens is 452 g/mol. The predicted octanol–water partition coefficient (Wildman–Crippen LogP) is 4.50. The monoisotopic (exact) mass is 474 g/mol. The van der Waals surface area contributed by atoms with E-state index in [1.54, 1.807) is 49.6 Å². The second kappa shape index (κ2) is 9.93. The SMILES string of the molecule is COc1ccc(NC(=O)CN(c2ccc(OC)c(Cl)c2)S(=O)(=O)c2ccc(C)cc2)cc1. The van der Waals surface area contributed by atoms with Gasteiger partial charge in [0, 0.05) is 5.69 Å². The van der Waals surface area contributed by atoms with E-state index in [0.717, 1.165) is 9.87 Å². The van der Waals surface area contributed by atoms with Gasteiger partial charge in [-0.3, -0.25) is 9.10 Å². The van der Waals surface area contributed by atoms with E-state index in [1.807, 2.05) is 6.92 Å². The van der Waals surface area contributed by atoms with Crippen LogP contribution in [0.3, 0.4) is 0 Å². The molecule has 0 heterocycles. The quantitative estimate of drug-likeness (QED) is 0.519. The smallest absolute Gasteiger partial charge is 0.264 e. The highest BCUT2D eigenvalue weighted by Gasteiger charge is 2.28. The zero-order valence-corrected chi connectivity index (χ0v) is 19.4. The largest absolute Gasteiger partial charge is 0.497 e. The van der Waals surface area contributed by atoms with Crippen molar-refractivity contribution in [2.75, 3.05) is 30.4 Å². The maximum atomic E-state index is 13.4. The van der Waals surface area contributed by atoms with E-state index in [-0.39, 0.29) is 15.6 Å². The summed E-state index contributed by atoms with van der Waals surface area (Å²) in [5, 5.41) is 2.93. The van der Waals surface area contributed by atoms with Gasteiger partial charge >= 0.3 is 0 Å². The molecule has 0 radical (unpaired) electrons. The van der Waals surface area contributed by atoms with Crippen molar-refractivity contribution < 1.29 is 22.7 Å². The first-order valence-corrected chi connectivity index (χ1v) is 11.4. The Morgan fingerprint density at radius 3 is 2.19 bits per heavy atom. The van der Waals surface area contributed by atoms with Gasteiger partial charge in [0.25, 0.3) is 10.0 Å². The van der Waals surface area contributed by atoms with Crippen LogP contribution in [0.5, 0.6) is 11.5 Å². The fourth-order valence-electron chi connectivity index (χ4n) is 2.97. The molecule has 32 heavy (non-hydrogen) atoms. The number of sulfonamides is 1. The van der Waals surface area contributed by atoms with Gasteiger partial charge in [-0.25, -0.2) is 8.42 Å². The van der Waals surface area contributed by atoms with E-state index < -0.39 is 22.5 Å². The molecule has 9 heteroatoms.